The topological polar surface area (TPSA) is 15.3 Å². The molecule has 21 heavy (non-hydrogen) atoms. The summed E-state index contributed by atoms with van der Waals surface area (Å²) in [5.41, 5.74) is 5.75. The first kappa shape index (κ1) is 18.0. The normalized spacial score (nSPS) is 12.0. The minimum Gasteiger partial charge on any atom is -0.383 e. The van der Waals surface area contributed by atoms with Crippen LogP contribution in [0.3, 0.4) is 0 Å². The molecule has 1 aromatic rings. The molecule has 0 amide bonds. The molecule has 0 heterocycles. The lowest BCUT2D eigenvalue weighted by atomic mass is 9.87. The van der Waals surface area contributed by atoms with Gasteiger partial charge in [-0.05, 0) is 48.5 Å². The number of likely N-dealkylation sites (N-methyl/N-ethyl adjacent to an activating group) is 1. The van der Waals surface area contributed by atoms with Crippen molar-refractivity contribution in [3.8, 4) is 0 Å². The molecule has 1 N–H and O–H groups in total. The number of nitrogens with zero attached hydrogens (tertiary/aromatic N) is 1. The quantitative estimate of drug-likeness (QED) is 0.757. The highest BCUT2D eigenvalue weighted by Gasteiger charge is 2.16. The SMILES string of the molecule is CC(C)c1cc(C(C)C)c(NCCN(C)C)c(C(C)C)c1. The Bertz CT molecular complexity index is 416. The summed E-state index contributed by atoms with van der Waals surface area (Å²) in [4.78, 5) is 2.22. The third-order valence-corrected chi connectivity index (χ3v) is 3.99. The molecular formula is C19H34N2. The summed E-state index contributed by atoms with van der Waals surface area (Å²) in [7, 11) is 4.24. The maximum atomic E-state index is 3.70. The lowest BCUT2D eigenvalue weighted by Crippen LogP contribution is -2.22. The minimum atomic E-state index is 0.544. The van der Waals surface area contributed by atoms with Crippen LogP contribution in [0.1, 0.15) is 76.0 Å². The van der Waals surface area contributed by atoms with E-state index < -0.39 is 0 Å². The summed E-state index contributed by atoms with van der Waals surface area (Å²) < 4.78 is 0. The van der Waals surface area contributed by atoms with Crippen LogP contribution in [0.2, 0.25) is 0 Å². The Morgan fingerprint density at radius 3 is 1.67 bits per heavy atom. The van der Waals surface area contributed by atoms with Crippen LogP contribution in [-0.2, 0) is 0 Å². The first-order valence-corrected chi connectivity index (χ1v) is 8.30. The van der Waals surface area contributed by atoms with Gasteiger partial charge in [0, 0.05) is 18.8 Å². The zero-order valence-corrected chi connectivity index (χ0v) is 15.2. The number of nitrogens with one attached hydrogen (secondary N) is 1. The maximum Gasteiger partial charge on any atom is 0.0411 e. The standard InChI is InChI=1S/C19H34N2/c1-13(2)16-11-17(14(3)4)19(18(12-16)15(5)6)20-9-10-21(7)8/h11-15,20H,9-10H2,1-8H3. The zero-order chi connectivity index (χ0) is 16.2. The lowest BCUT2D eigenvalue weighted by molar-refractivity contribution is 0.425. The van der Waals surface area contributed by atoms with Gasteiger partial charge in [0.25, 0.3) is 0 Å². The van der Waals surface area contributed by atoms with Crippen molar-refractivity contribution in [2.24, 2.45) is 0 Å². The molecule has 0 saturated carbocycles. The lowest BCUT2D eigenvalue weighted by Gasteiger charge is -2.24. The van der Waals surface area contributed by atoms with Gasteiger partial charge in [-0.15, -0.1) is 0 Å². The summed E-state index contributed by atoms with van der Waals surface area (Å²) in [5.74, 6) is 1.67. The first-order chi connectivity index (χ1) is 9.73. The number of hydrogen-bond acceptors (Lipinski definition) is 2. The van der Waals surface area contributed by atoms with Gasteiger partial charge in [-0.3, -0.25) is 0 Å². The van der Waals surface area contributed by atoms with Crippen molar-refractivity contribution < 1.29 is 0 Å². The van der Waals surface area contributed by atoms with Crippen LogP contribution in [0.4, 0.5) is 5.69 Å². The minimum absolute atomic E-state index is 0.544. The van der Waals surface area contributed by atoms with E-state index in [2.05, 4.69) is 78.0 Å². The maximum absolute atomic E-state index is 3.70. The third kappa shape index (κ3) is 5.03. The smallest absolute Gasteiger partial charge is 0.0411 e. The number of hydrogen-bond donors (Lipinski definition) is 1. The molecular weight excluding hydrogens is 256 g/mol. The second-order valence-electron chi connectivity index (χ2n) is 7.27. The second kappa shape index (κ2) is 7.84. The van der Waals surface area contributed by atoms with Crippen LogP contribution >= 0.6 is 0 Å². The number of rotatable bonds is 7. The highest BCUT2D eigenvalue weighted by Crippen LogP contribution is 2.35. The average molecular weight is 290 g/mol. The molecule has 0 aliphatic rings. The molecule has 0 fully saturated rings. The van der Waals surface area contributed by atoms with Gasteiger partial charge < -0.3 is 10.2 Å². The van der Waals surface area contributed by atoms with Crippen LogP contribution in [-0.4, -0.2) is 32.1 Å². The molecule has 0 aliphatic heterocycles. The molecule has 2 nitrogen and oxygen atoms in total. The Kier molecular flexibility index (Phi) is 6.73. The molecule has 0 bridgehead atoms. The molecule has 0 spiro atoms. The number of anilines is 1. The van der Waals surface area contributed by atoms with Crippen molar-refractivity contribution in [3.63, 3.8) is 0 Å². The van der Waals surface area contributed by atoms with Crippen molar-refractivity contribution in [3.05, 3.63) is 28.8 Å². The van der Waals surface area contributed by atoms with E-state index in [0.29, 0.717) is 17.8 Å². The largest absolute Gasteiger partial charge is 0.383 e. The zero-order valence-electron chi connectivity index (χ0n) is 15.2. The van der Waals surface area contributed by atoms with E-state index in [-0.39, 0.29) is 0 Å². The predicted molar refractivity (Wildman–Crippen MR) is 95.8 cm³/mol. The molecule has 2 heteroatoms. The molecule has 120 valence electrons. The fourth-order valence-electron chi connectivity index (χ4n) is 2.56. The average Bonchev–Trinajstić information content (AvgIpc) is 2.37. The van der Waals surface area contributed by atoms with Crippen molar-refractivity contribution in [1.29, 1.82) is 0 Å². The molecule has 1 aromatic carbocycles. The Hall–Kier alpha value is -1.02. The van der Waals surface area contributed by atoms with Crippen molar-refractivity contribution in [1.82, 2.24) is 4.90 Å². The van der Waals surface area contributed by atoms with Crippen LogP contribution in [0, 0.1) is 0 Å². The highest BCUT2D eigenvalue weighted by molar-refractivity contribution is 5.62. The van der Waals surface area contributed by atoms with E-state index in [4.69, 9.17) is 0 Å². The fourth-order valence-corrected chi connectivity index (χ4v) is 2.56. The fraction of sp³-hybridized carbons (Fsp3) is 0.684. The molecule has 0 saturated heterocycles. The van der Waals surface area contributed by atoms with E-state index in [0.717, 1.165) is 13.1 Å². The van der Waals surface area contributed by atoms with Crippen molar-refractivity contribution in [2.45, 2.75) is 59.3 Å². The Labute approximate surface area is 131 Å². The van der Waals surface area contributed by atoms with E-state index in [1.165, 1.54) is 22.4 Å². The molecule has 0 radical (unpaired) electrons. The monoisotopic (exact) mass is 290 g/mol. The first-order valence-electron chi connectivity index (χ1n) is 8.30. The van der Waals surface area contributed by atoms with Gasteiger partial charge >= 0.3 is 0 Å². The van der Waals surface area contributed by atoms with E-state index in [9.17, 15) is 0 Å². The summed E-state index contributed by atoms with van der Waals surface area (Å²) in [6, 6.07) is 4.80. The molecule has 0 aliphatic carbocycles. The van der Waals surface area contributed by atoms with Crippen LogP contribution in [0.5, 0.6) is 0 Å². The van der Waals surface area contributed by atoms with Crippen LogP contribution in [0.15, 0.2) is 12.1 Å². The second-order valence-corrected chi connectivity index (χ2v) is 7.27. The van der Waals surface area contributed by atoms with E-state index in [1.54, 1.807) is 0 Å². The summed E-state index contributed by atoms with van der Waals surface area (Å²) in [6.45, 7) is 15.8. The number of benzene rings is 1. The van der Waals surface area contributed by atoms with E-state index in [1.807, 2.05) is 0 Å². The van der Waals surface area contributed by atoms with Gasteiger partial charge in [0.05, 0.1) is 0 Å². The van der Waals surface area contributed by atoms with Crippen molar-refractivity contribution in [2.75, 3.05) is 32.5 Å². The van der Waals surface area contributed by atoms with Gasteiger partial charge in [0.2, 0.25) is 0 Å². The molecule has 0 unspecified atom stereocenters. The van der Waals surface area contributed by atoms with Gasteiger partial charge in [-0.1, -0.05) is 53.7 Å². The van der Waals surface area contributed by atoms with Gasteiger partial charge in [0.15, 0.2) is 0 Å². The van der Waals surface area contributed by atoms with Gasteiger partial charge in [0.1, 0.15) is 0 Å². The van der Waals surface area contributed by atoms with Crippen LogP contribution in [0.25, 0.3) is 0 Å². The molecule has 1 rings (SSSR count). The van der Waals surface area contributed by atoms with E-state index >= 15 is 0 Å². The van der Waals surface area contributed by atoms with Gasteiger partial charge in [-0.25, -0.2) is 0 Å². The Morgan fingerprint density at radius 2 is 1.33 bits per heavy atom. The summed E-state index contributed by atoms with van der Waals surface area (Å²) >= 11 is 0. The predicted octanol–water partition coefficient (Wildman–Crippen LogP) is 5.03. The van der Waals surface area contributed by atoms with Crippen LogP contribution < -0.4 is 5.32 Å². The van der Waals surface area contributed by atoms with Crippen molar-refractivity contribution >= 4 is 5.69 Å². The summed E-state index contributed by atoms with van der Waals surface area (Å²) in [5, 5.41) is 3.70. The summed E-state index contributed by atoms with van der Waals surface area (Å²) in [6.07, 6.45) is 0. The third-order valence-electron chi connectivity index (χ3n) is 3.99. The Balaban J connectivity index is 3.22. The molecule has 0 atom stereocenters. The molecule has 0 aromatic heterocycles. The highest BCUT2D eigenvalue weighted by atomic mass is 15.1. The Morgan fingerprint density at radius 1 is 0.857 bits per heavy atom. The van der Waals surface area contributed by atoms with Gasteiger partial charge in [-0.2, -0.15) is 0 Å².